The van der Waals surface area contributed by atoms with Crippen LogP contribution in [-0.4, -0.2) is 32.8 Å². The highest BCUT2D eigenvalue weighted by molar-refractivity contribution is 5.78. The van der Waals surface area contributed by atoms with Gasteiger partial charge in [-0.05, 0) is 82.0 Å². The number of carbonyl (C=O) groups is 1. The smallest absolute Gasteiger partial charge is 0.215 e. The van der Waals surface area contributed by atoms with Crippen LogP contribution in [0.3, 0.4) is 0 Å². The lowest BCUT2D eigenvalue weighted by atomic mass is 10.0. The average molecular weight is 486 g/mol. The van der Waals surface area contributed by atoms with Gasteiger partial charge in [-0.3, -0.25) is 4.79 Å². The highest BCUT2D eigenvalue weighted by atomic mass is 16.5. The summed E-state index contributed by atoms with van der Waals surface area (Å²) in [6.07, 6.45) is 19.5. The number of nitrogens with one attached hydrogen (secondary N) is 1. The summed E-state index contributed by atoms with van der Waals surface area (Å²) in [5.74, 6) is 3.22. The van der Waals surface area contributed by atoms with Gasteiger partial charge in [-0.15, -0.1) is 0 Å². The van der Waals surface area contributed by atoms with Crippen LogP contribution in [0.15, 0.2) is 46.8 Å². The minimum absolute atomic E-state index is 0.250. The predicted octanol–water partition coefficient (Wildman–Crippen LogP) is 6.35. The van der Waals surface area contributed by atoms with Crippen molar-refractivity contribution >= 4 is 12.6 Å². The van der Waals surface area contributed by atoms with Crippen molar-refractivity contribution in [1.82, 2.24) is 5.32 Å². The number of nitrogens with zero attached hydrogens (tertiary/aromatic N) is 1. The number of nitrogens with two attached hydrogens (primary N) is 1. The van der Waals surface area contributed by atoms with Crippen molar-refractivity contribution < 1.29 is 14.3 Å². The van der Waals surface area contributed by atoms with Gasteiger partial charge in [0.1, 0.15) is 0 Å². The van der Waals surface area contributed by atoms with Crippen molar-refractivity contribution in [1.29, 1.82) is 0 Å². The normalized spacial score (nSPS) is 15.0. The lowest BCUT2D eigenvalue weighted by Crippen LogP contribution is -2.07. The van der Waals surface area contributed by atoms with E-state index in [1.165, 1.54) is 57.1 Å². The average Bonchev–Trinajstić information content (AvgIpc) is 3.28. The minimum Gasteiger partial charge on any atom is -0.490 e. The summed E-state index contributed by atoms with van der Waals surface area (Å²) in [5.41, 5.74) is 6.58. The zero-order valence-corrected chi connectivity index (χ0v) is 22.4. The van der Waals surface area contributed by atoms with Crippen LogP contribution in [0, 0.1) is 5.92 Å². The van der Waals surface area contributed by atoms with Gasteiger partial charge in [0.05, 0.1) is 6.61 Å². The van der Waals surface area contributed by atoms with Crippen molar-refractivity contribution in [2.45, 2.75) is 85.0 Å². The second kappa shape index (κ2) is 19.7. The number of hydrogen-bond donors (Lipinski definition) is 2. The summed E-state index contributed by atoms with van der Waals surface area (Å²) in [6.45, 7) is 8.00. The van der Waals surface area contributed by atoms with E-state index in [9.17, 15) is 0 Å². The number of unbranched alkanes of at least 4 members (excludes halogenated alkanes) is 1. The molecule has 0 radical (unpaired) electrons. The van der Waals surface area contributed by atoms with Gasteiger partial charge < -0.3 is 20.5 Å². The molecule has 1 aliphatic heterocycles. The molecule has 2 aliphatic rings. The third-order valence-electron chi connectivity index (χ3n) is 5.95. The monoisotopic (exact) mass is 485 g/mol. The molecule has 1 saturated carbocycles. The molecule has 3 N–H and O–H groups in total. The quantitative estimate of drug-likeness (QED) is 0.283. The number of carbonyl (C=O) groups excluding carboxylic acids is 1. The van der Waals surface area contributed by atoms with Gasteiger partial charge in [0.15, 0.2) is 11.5 Å². The Bertz CT molecular complexity index is 796. The van der Waals surface area contributed by atoms with Gasteiger partial charge >= 0.3 is 0 Å². The van der Waals surface area contributed by atoms with Gasteiger partial charge in [0.25, 0.3) is 0 Å². The highest BCUT2D eigenvalue weighted by Crippen LogP contribution is 2.31. The van der Waals surface area contributed by atoms with Crippen molar-refractivity contribution in [2.24, 2.45) is 16.6 Å². The number of allylic oxidation sites excluding steroid dienone is 3. The number of hydrogen-bond acceptors (Lipinski definition) is 5. The Hall–Kier alpha value is -2.60. The Morgan fingerprint density at radius 2 is 1.89 bits per heavy atom. The minimum atomic E-state index is 0.250. The topological polar surface area (TPSA) is 85.9 Å². The maximum absolute atomic E-state index is 8.58. The van der Waals surface area contributed by atoms with E-state index in [4.69, 9.17) is 14.3 Å². The molecule has 6 heteroatoms. The van der Waals surface area contributed by atoms with E-state index < -0.39 is 0 Å². The van der Waals surface area contributed by atoms with Crippen LogP contribution in [0.5, 0.6) is 11.5 Å². The van der Waals surface area contributed by atoms with Gasteiger partial charge in [0.2, 0.25) is 12.3 Å². The van der Waals surface area contributed by atoms with Crippen molar-refractivity contribution in [2.75, 3.05) is 20.2 Å². The van der Waals surface area contributed by atoms with E-state index in [-0.39, 0.29) is 6.41 Å². The highest BCUT2D eigenvalue weighted by Gasteiger charge is 2.13. The summed E-state index contributed by atoms with van der Waals surface area (Å²) < 4.78 is 11.6. The molecular weight excluding hydrogens is 438 g/mol. The second-order valence-electron chi connectivity index (χ2n) is 8.94. The number of aryl methyl sites for hydroxylation is 1. The van der Waals surface area contributed by atoms with Crippen LogP contribution in [0.4, 0.5) is 0 Å². The summed E-state index contributed by atoms with van der Waals surface area (Å²) in [4.78, 5) is 12.9. The fraction of sp³-hybridized carbons (Fsp3) is 0.586. The summed E-state index contributed by atoms with van der Waals surface area (Å²) in [7, 11) is 2.04. The number of rotatable bonds is 11. The van der Waals surface area contributed by atoms with Crippen molar-refractivity contribution in [3.8, 4) is 11.5 Å². The standard InChI is InChI=1S/C18H23NO2.C10H21N.CH3NO/c1-4-7-15-10-11-16(17(12-15)20-5-2)21-18-9-6-8-14(3)13-19-18;1-11-9-5-4-8-10-6-2-3-7-10;2-1-3/h8-13H,4-7H2,1-3H3;10-11H,2-9H2,1H3;1H,(H2,2,3). The third-order valence-corrected chi connectivity index (χ3v) is 5.95. The summed E-state index contributed by atoms with van der Waals surface area (Å²) >= 11 is 0. The largest absolute Gasteiger partial charge is 0.490 e. The first-order valence-electron chi connectivity index (χ1n) is 13.2. The first-order valence-corrected chi connectivity index (χ1v) is 13.2. The first-order chi connectivity index (χ1) is 17.1. The number of primary amides is 1. The molecule has 6 nitrogen and oxygen atoms in total. The van der Waals surface area contributed by atoms with Crippen LogP contribution in [0.2, 0.25) is 0 Å². The zero-order valence-electron chi connectivity index (χ0n) is 22.4. The molecule has 1 heterocycles. The second-order valence-corrected chi connectivity index (χ2v) is 8.94. The molecule has 0 unspecified atom stereocenters. The molecule has 35 heavy (non-hydrogen) atoms. The van der Waals surface area contributed by atoms with E-state index >= 15 is 0 Å². The van der Waals surface area contributed by atoms with Gasteiger partial charge in [0, 0.05) is 6.21 Å². The van der Waals surface area contributed by atoms with Crippen LogP contribution < -0.4 is 20.5 Å². The zero-order chi connectivity index (χ0) is 25.7. The lowest BCUT2D eigenvalue weighted by Gasteiger charge is -2.13. The Morgan fingerprint density at radius 3 is 2.54 bits per heavy atom. The third kappa shape index (κ3) is 13.8. The molecule has 0 aromatic heterocycles. The SMILES string of the molecule is CCCc1ccc(OC2=CCC=C(C)C=N2)c(OCC)c1.CNCCCCC1CCCC1.NC=O. The van der Waals surface area contributed by atoms with Crippen molar-refractivity contribution in [3.05, 3.63) is 47.4 Å². The maximum Gasteiger partial charge on any atom is 0.215 e. The Labute approximate surface area is 213 Å². The Morgan fingerprint density at radius 1 is 1.14 bits per heavy atom. The molecule has 196 valence electrons. The Balaban J connectivity index is 0.000000366. The van der Waals surface area contributed by atoms with E-state index in [2.05, 4.69) is 41.2 Å². The van der Waals surface area contributed by atoms with Gasteiger partial charge in [-0.2, -0.15) is 0 Å². The van der Waals surface area contributed by atoms with Crippen molar-refractivity contribution in [3.63, 3.8) is 0 Å². The molecule has 0 bridgehead atoms. The molecular formula is C29H47N3O3. The maximum atomic E-state index is 8.58. The van der Waals surface area contributed by atoms with E-state index in [0.29, 0.717) is 12.5 Å². The summed E-state index contributed by atoms with van der Waals surface area (Å²) in [6, 6.07) is 6.12. The fourth-order valence-corrected chi connectivity index (χ4v) is 4.18. The molecule has 3 rings (SSSR count). The number of aliphatic imine (C=N–C) groups is 1. The summed E-state index contributed by atoms with van der Waals surface area (Å²) in [5, 5.41) is 3.19. The fourth-order valence-electron chi connectivity index (χ4n) is 4.18. The molecule has 1 fully saturated rings. The van der Waals surface area contributed by atoms with Crippen LogP contribution in [0.1, 0.15) is 84.1 Å². The lowest BCUT2D eigenvalue weighted by molar-refractivity contribution is -0.106. The van der Waals surface area contributed by atoms with E-state index in [1.807, 2.05) is 39.3 Å². The predicted molar refractivity (Wildman–Crippen MR) is 147 cm³/mol. The first kappa shape index (κ1) is 30.4. The van der Waals surface area contributed by atoms with Gasteiger partial charge in [-0.25, -0.2) is 4.99 Å². The Kier molecular flexibility index (Phi) is 17.1. The molecule has 1 aliphatic carbocycles. The van der Waals surface area contributed by atoms with Crippen LogP contribution in [0.25, 0.3) is 0 Å². The number of benzene rings is 1. The van der Waals surface area contributed by atoms with Crippen LogP contribution >= 0.6 is 0 Å². The number of ether oxygens (including phenoxy) is 2. The number of amides is 1. The van der Waals surface area contributed by atoms with E-state index in [1.54, 1.807) is 0 Å². The molecule has 0 spiro atoms. The molecule has 1 amide bonds. The molecule has 1 aromatic carbocycles. The molecule has 0 atom stereocenters. The molecule has 1 aromatic rings. The molecule has 0 saturated heterocycles. The van der Waals surface area contributed by atoms with E-state index in [0.717, 1.165) is 42.3 Å². The van der Waals surface area contributed by atoms with Gasteiger partial charge in [-0.1, -0.05) is 64.0 Å². The van der Waals surface area contributed by atoms with Crippen LogP contribution in [-0.2, 0) is 11.2 Å².